The van der Waals surface area contributed by atoms with Gasteiger partial charge in [0.05, 0.1) is 0 Å². The van der Waals surface area contributed by atoms with Crippen LogP contribution in [0.4, 0.5) is 0 Å². The molecule has 5 rings (SSSR count). The van der Waals surface area contributed by atoms with Crippen LogP contribution >= 0.6 is 0 Å². The Bertz CT molecular complexity index is 1030. The molecule has 1 saturated heterocycles. The Balaban J connectivity index is 1.52. The standard InChI is InChI=1S/C28H30N2O2/c29-26-18-24-23(27(31)30-16-7-8-17-30)14-9-15-25(24)32-28(26,19-21-10-3-1-4-11-21)20-22-12-5-2-6-13-22/h1-6,9-15,26H,7-8,16-20,29H2. The van der Waals surface area contributed by atoms with Gasteiger partial charge in [-0.1, -0.05) is 66.7 Å². The van der Waals surface area contributed by atoms with E-state index in [2.05, 4.69) is 48.5 Å². The van der Waals surface area contributed by atoms with Gasteiger partial charge in [-0.15, -0.1) is 0 Å². The van der Waals surface area contributed by atoms with Crippen molar-refractivity contribution < 1.29 is 9.53 Å². The summed E-state index contributed by atoms with van der Waals surface area (Å²) in [6.07, 6.45) is 4.22. The van der Waals surface area contributed by atoms with E-state index >= 15 is 0 Å². The molecule has 0 aliphatic carbocycles. The zero-order chi connectivity index (χ0) is 22.0. The van der Waals surface area contributed by atoms with E-state index < -0.39 is 5.60 Å². The third-order valence-electron chi connectivity index (χ3n) is 6.86. The van der Waals surface area contributed by atoms with Crippen LogP contribution in [0, 0.1) is 0 Å². The Morgan fingerprint density at radius 3 is 2.06 bits per heavy atom. The number of benzene rings is 3. The molecule has 1 atom stereocenters. The molecule has 1 amide bonds. The lowest BCUT2D eigenvalue weighted by Crippen LogP contribution is -2.59. The third-order valence-corrected chi connectivity index (χ3v) is 6.86. The van der Waals surface area contributed by atoms with Gasteiger partial charge < -0.3 is 15.4 Å². The summed E-state index contributed by atoms with van der Waals surface area (Å²) in [5.74, 6) is 0.900. The maximum Gasteiger partial charge on any atom is 0.254 e. The Morgan fingerprint density at radius 1 is 0.875 bits per heavy atom. The number of hydrogen-bond donors (Lipinski definition) is 1. The van der Waals surface area contributed by atoms with Crippen LogP contribution in [0.15, 0.2) is 78.9 Å². The Hall–Kier alpha value is -3.11. The van der Waals surface area contributed by atoms with E-state index in [1.54, 1.807) is 0 Å². The van der Waals surface area contributed by atoms with Crippen LogP contribution < -0.4 is 10.5 Å². The third kappa shape index (κ3) is 4.03. The number of carbonyl (C=O) groups is 1. The molecule has 4 nitrogen and oxygen atoms in total. The van der Waals surface area contributed by atoms with Crippen molar-refractivity contribution in [3.8, 4) is 5.75 Å². The Morgan fingerprint density at radius 2 is 1.47 bits per heavy atom. The molecule has 1 unspecified atom stereocenters. The fourth-order valence-electron chi connectivity index (χ4n) is 5.14. The number of rotatable bonds is 5. The van der Waals surface area contributed by atoms with E-state index in [1.807, 2.05) is 35.2 Å². The summed E-state index contributed by atoms with van der Waals surface area (Å²) in [5, 5.41) is 0. The number of ether oxygens (including phenoxy) is 1. The van der Waals surface area contributed by atoms with Crippen LogP contribution in [0.3, 0.4) is 0 Å². The summed E-state index contributed by atoms with van der Waals surface area (Å²) >= 11 is 0. The van der Waals surface area contributed by atoms with Crippen LogP contribution in [0.25, 0.3) is 0 Å². The lowest BCUT2D eigenvalue weighted by molar-refractivity contribution is 0.0268. The summed E-state index contributed by atoms with van der Waals surface area (Å²) in [5.41, 5.74) is 10.4. The molecule has 2 aliphatic heterocycles. The van der Waals surface area contributed by atoms with Crippen molar-refractivity contribution in [3.05, 3.63) is 101 Å². The summed E-state index contributed by atoms with van der Waals surface area (Å²) in [6.45, 7) is 1.67. The summed E-state index contributed by atoms with van der Waals surface area (Å²) < 4.78 is 6.80. The fraction of sp³-hybridized carbons (Fsp3) is 0.321. The molecule has 3 aromatic rings. The van der Waals surface area contributed by atoms with Crippen molar-refractivity contribution in [2.45, 2.75) is 43.7 Å². The maximum absolute atomic E-state index is 13.2. The van der Waals surface area contributed by atoms with Gasteiger partial charge in [0.25, 0.3) is 5.91 Å². The molecule has 0 aromatic heterocycles. The highest BCUT2D eigenvalue weighted by Crippen LogP contribution is 2.39. The van der Waals surface area contributed by atoms with Crippen LogP contribution in [-0.2, 0) is 19.3 Å². The second-order valence-corrected chi connectivity index (χ2v) is 9.08. The quantitative estimate of drug-likeness (QED) is 0.658. The number of carbonyl (C=O) groups excluding carboxylic acids is 1. The van der Waals surface area contributed by atoms with Gasteiger partial charge in [0.15, 0.2) is 0 Å². The minimum Gasteiger partial charge on any atom is -0.485 e. The lowest BCUT2D eigenvalue weighted by Gasteiger charge is -2.44. The van der Waals surface area contributed by atoms with Crippen LogP contribution in [-0.4, -0.2) is 35.5 Å². The average Bonchev–Trinajstić information content (AvgIpc) is 3.35. The number of amides is 1. The highest BCUT2D eigenvalue weighted by Gasteiger charge is 2.44. The predicted molar refractivity (Wildman–Crippen MR) is 127 cm³/mol. The van der Waals surface area contributed by atoms with E-state index in [0.29, 0.717) is 19.3 Å². The van der Waals surface area contributed by atoms with E-state index in [4.69, 9.17) is 10.5 Å². The molecule has 2 heterocycles. The topological polar surface area (TPSA) is 55.6 Å². The van der Waals surface area contributed by atoms with Crippen LogP contribution in [0.2, 0.25) is 0 Å². The molecule has 32 heavy (non-hydrogen) atoms. The average molecular weight is 427 g/mol. The van der Waals surface area contributed by atoms with Crippen molar-refractivity contribution >= 4 is 5.91 Å². The lowest BCUT2D eigenvalue weighted by atomic mass is 9.77. The second kappa shape index (κ2) is 8.79. The predicted octanol–water partition coefficient (Wildman–Crippen LogP) is 4.41. The van der Waals surface area contributed by atoms with E-state index in [-0.39, 0.29) is 11.9 Å². The van der Waals surface area contributed by atoms with Crippen molar-refractivity contribution in [1.82, 2.24) is 4.90 Å². The second-order valence-electron chi connectivity index (χ2n) is 9.08. The molecule has 0 bridgehead atoms. The smallest absolute Gasteiger partial charge is 0.254 e. The fourth-order valence-corrected chi connectivity index (χ4v) is 5.14. The number of fused-ring (bicyclic) bond motifs is 1. The normalized spacial score (nSPS) is 19.3. The van der Waals surface area contributed by atoms with Crippen LogP contribution in [0.5, 0.6) is 5.75 Å². The molecule has 164 valence electrons. The Kier molecular flexibility index (Phi) is 5.71. The zero-order valence-corrected chi connectivity index (χ0v) is 18.4. The molecule has 2 N–H and O–H groups in total. The van der Waals surface area contributed by atoms with Gasteiger partial charge in [-0.05, 0) is 42.5 Å². The van der Waals surface area contributed by atoms with E-state index in [9.17, 15) is 4.79 Å². The maximum atomic E-state index is 13.2. The number of likely N-dealkylation sites (tertiary alicyclic amines) is 1. The summed E-state index contributed by atoms with van der Waals surface area (Å²) in [6, 6.07) is 26.4. The number of nitrogens with two attached hydrogens (primary N) is 1. The van der Waals surface area contributed by atoms with Crippen molar-refractivity contribution in [1.29, 1.82) is 0 Å². The number of nitrogens with zero attached hydrogens (tertiary/aromatic N) is 1. The zero-order valence-electron chi connectivity index (χ0n) is 18.4. The largest absolute Gasteiger partial charge is 0.485 e. The molecule has 0 radical (unpaired) electrons. The van der Waals surface area contributed by atoms with Gasteiger partial charge >= 0.3 is 0 Å². The highest BCUT2D eigenvalue weighted by molar-refractivity contribution is 5.96. The van der Waals surface area contributed by atoms with Crippen molar-refractivity contribution in [2.75, 3.05) is 13.1 Å². The molecule has 0 spiro atoms. The van der Waals surface area contributed by atoms with Crippen molar-refractivity contribution in [3.63, 3.8) is 0 Å². The first-order valence-corrected chi connectivity index (χ1v) is 11.6. The summed E-state index contributed by atoms with van der Waals surface area (Å²) in [4.78, 5) is 15.2. The molecular weight excluding hydrogens is 396 g/mol. The first kappa shape index (κ1) is 20.8. The first-order chi connectivity index (χ1) is 15.6. The van der Waals surface area contributed by atoms with E-state index in [0.717, 1.165) is 42.8 Å². The minimum atomic E-state index is -0.578. The monoisotopic (exact) mass is 426 g/mol. The van der Waals surface area contributed by atoms with Gasteiger partial charge in [0.2, 0.25) is 0 Å². The molecule has 0 saturated carbocycles. The minimum absolute atomic E-state index is 0.105. The first-order valence-electron chi connectivity index (χ1n) is 11.6. The number of hydrogen-bond acceptors (Lipinski definition) is 3. The van der Waals surface area contributed by atoms with Crippen molar-refractivity contribution in [2.24, 2.45) is 5.73 Å². The van der Waals surface area contributed by atoms with Gasteiger partial charge in [-0.25, -0.2) is 0 Å². The van der Waals surface area contributed by atoms with Gasteiger partial charge in [-0.3, -0.25) is 4.79 Å². The Labute approximate surface area is 190 Å². The van der Waals surface area contributed by atoms with Gasteiger partial charge in [0, 0.05) is 43.1 Å². The van der Waals surface area contributed by atoms with Gasteiger partial charge in [0.1, 0.15) is 11.4 Å². The molecule has 4 heteroatoms. The highest BCUT2D eigenvalue weighted by atomic mass is 16.5. The molecule has 1 fully saturated rings. The summed E-state index contributed by atoms with van der Waals surface area (Å²) in [7, 11) is 0. The van der Waals surface area contributed by atoms with Gasteiger partial charge in [-0.2, -0.15) is 0 Å². The molecule has 2 aliphatic rings. The SMILES string of the molecule is NC1Cc2c(cccc2C(=O)N2CCCC2)OC1(Cc1ccccc1)Cc1ccccc1. The van der Waals surface area contributed by atoms with E-state index in [1.165, 1.54) is 11.1 Å². The molecular formula is C28H30N2O2. The van der Waals surface area contributed by atoms with Crippen LogP contribution in [0.1, 0.15) is 39.9 Å². The molecule has 3 aromatic carbocycles.